The summed E-state index contributed by atoms with van der Waals surface area (Å²) >= 11 is 0. The number of nitrogens with one attached hydrogen (secondary N) is 2. The van der Waals surface area contributed by atoms with Crippen molar-refractivity contribution in [2.75, 3.05) is 17.6 Å². The Kier molecular flexibility index (Phi) is 4.87. The van der Waals surface area contributed by atoms with E-state index in [9.17, 15) is 9.59 Å². The van der Waals surface area contributed by atoms with Crippen LogP contribution in [0.2, 0.25) is 0 Å². The van der Waals surface area contributed by atoms with Crippen LogP contribution in [0.4, 0.5) is 11.5 Å². The van der Waals surface area contributed by atoms with E-state index in [1.165, 1.54) is 23.8 Å². The number of aromatic amines is 1. The molecule has 1 fully saturated rings. The van der Waals surface area contributed by atoms with Crippen LogP contribution in [0.3, 0.4) is 0 Å². The zero-order valence-corrected chi connectivity index (χ0v) is 12.1. The molecule has 0 spiro atoms. The lowest BCUT2D eigenvalue weighted by atomic mass is 9.83. The Hall–Kier alpha value is -1.72. The quantitative estimate of drug-likeness (QED) is 0.706. The molecule has 0 radical (unpaired) electrons. The van der Waals surface area contributed by atoms with Crippen LogP contribution in [-0.4, -0.2) is 16.1 Å². The average Bonchev–Trinajstić information content (AvgIpc) is 2.35. The molecule has 1 saturated carbocycles. The molecule has 2 rings (SSSR count). The predicted molar refractivity (Wildman–Crippen MR) is 81.1 cm³/mol. The molecule has 0 bridgehead atoms. The number of hydrogen-bond acceptors (Lipinski definition) is 4. The van der Waals surface area contributed by atoms with Gasteiger partial charge in [-0.05, 0) is 18.8 Å². The van der Waals surface area contributed by atoms with Crippen molar-refractivity contribution in [3.63, 3.8) is 0 Å². The van der Waals surface area contributed by atoms with Crippen molar-refractivity contribution >= 4 is 11.5 Å². The molecule has 1 aliphatic rings. The summed E-state index contributed by atoms with van der Waals surface area (Å²) in [7, 11) is 0. The molecule has 0 amide bonds. The maximum atomic E-state index is 11.8. The second-order valence-electron chi connectivity index (χ2n) is 5.54. The summed E-state index contributed by atoms with van der Waals surface area (Å²) in [6.45, 7) is 3.31. The van der Waals surface area contributed by atoms with Crippen molar-refractivity contribution in [3.8, 4) is 0 Å². The fourth-order valence-electron chi connectivity index (χ4n) is 2.48. The standard InChI is InChI=1S/C14H24N4O2/c1-2-3-9-18-12(15)11(13(19)17-14(18)20)16-8-7-10-5-4-6-10/h10,16H,2-9,15H2,1H3,(H,17,19,20). The highest BCUT2D eigenvalue weighted by atomic mass is 16.2. The van der Waals surface area contributed by atoms with E-state index in [2.05, 4.69) is 10.3 Å². The Labute approximate surface area is 118 Å². The van der Waals surface area contributed by atoms with Gasteiger partial charge in [0, 0.05) is 13.1 Å². The van der Waals surface area contributed by atoms with Gasteiger partial charge in [0.15, 0.2) is 0 Å². The largest absolute Gasteiger partial charge is 0.383 e. The normalized spacial score (nSPS) is 15.1. The fourth-order valence-corrected chi connectivity index (χ4v) is 2.48. The van der Waals surface area contributed by atoms with E-state index in [0.717, 1.165) is 31.7 Å². The molecule has 0 unspecified atom stereocenters. The van der Waals surface area contributed by atoms with Crippen LogP contribution in [0.15, 0.2) is 9.59 Å². The van der Waals surface area contributed by atoms with Crippen molar-refractivity contribution in [2.24, 2.45) is 5.92 Å². The maximum Gasteiger partial charge on any atom is 0.330 e. The summed E-state index contributed by atoms with van der Waals surface area (Å²) in [6, 6.07) is 0. The number of hydrogen-bond donors (Lipinski definition) is 3. The minimum Gasteiger partial charge on any atom is -0.383 e. The molecule has 0 saturated heterocycles. The number of aromatic nitrogens is 2. The van der Waals surface area contributed by atoms with Gasteiger partial charge in [-0.1, -0.05) is 32.6 Å². The number of anilines is 2. The molecule has 1 heterocycles. The number of nitrogen functional groups attached to an aromatic ring is 1. The van der Waals surface area contributed by atoms with Crippen LogP contribution in [0.25, 0.3) is 0 Å². The molecule has 1 aromatic rings. The van der Waals surface area contributed by atoms with E-state index in [0.29, 0.717) is 12.2 Å². The van der Waals surface area contributed by atoms with Gasteiger partial charge in [-0.15, -0.1) is 0 Å². The van der Waals surface area contributed by atoms with E-state index < -0.39 is 11.2 Å². The van der Waals surface area contributed by atoms with Gasteiger partial charge in [0.25, 0.3) is 5.56 Å². The van der Waals surface area contributed by atoms with Gasteiger partial charge in [0.05, 0.1) is 0 Å². The predicted octanol–water partition coefficient (Wildman–Crippen LogP) is 1.52. The summed E-state index contributed by atoms with van der Waals surface area (Å²) in [5.41, 5.74) is 5.46. The lowest BCUT2D eigenvalue weighted by Crippen LogP contribution is -2.34. The van der Waals surface area contributed by atoms with E-state index in [-0.39, 0.29) is 5.82 Å². The van der Waals surface area contributed by atoms with E-state index in [4.69, 9.17) is 5.73 Å². The summed E-state index contributed by atoms with van der Waals surface area (Å²) in [5.74, 6) is 1.02. The van der Waals surface area contributed by atoms with Crippen molar-refractivity contribution in [1.82, 2.24) is 9.55 Å². The van der Waals surface area contributed by atoms with Crippen LogP contribution in [0.5, 0.6) is 0 Å². The van der Waals surface area contributed by atoms with Crippen molar-refractivity contribution in [3.05, 3.63) is 20.8 Å². The first-order valence-electron chi connectivity index (χ1n) is 7.50. The Morgan fingerprint density at radius 2 is 2.15 bits per heavy atom. The van der Waals surface area contributed by atoms with Gasteiger partial charge in [0.2, 0.25) is 0 Å². The number of H-pyrrole nitrogens is 1. The molecular formula is C14H24N4O2. The second-order valence-corrected chi connectivity index (χ2v) is 5.54. The zero-order valence-electron chi connectivity index (χ0n) is 12.1. The molecule has 6 heteroatoms. The maximum absolute atomic E-state index is 11.8. The highest BCUT2D eigenvalue weighted by Crippen LogP contribution is 2.29. The number of nitrogens with zero attached hydrogens (tertiary/aromatic N) is 1. The molecular weight excluding hydrogens is 256 g/mol. The molecule has 112 valence electrons. The summed E-state index contributed by atoms with van der Waals surface area (Å²) < 4.78 is 1.44. The summed E-state index contributed by atoms with van der Waals surface area (Å²) in [5, 5.41) is 3.10. The third-order valence-corrected chi connectivity index (χ3v) is 4.05. The lowest BCUT2D eigenvalue weighted by Gasteiger charge is -2.25. The van der Waals surface area contributed by atoms with Gasteiger partial charge in [-0.3, -0.25) is 14.3 Å². The average molecular weight is 280 g/mol. The molecule has 20 heavy (non-hydrogen) atoms. The minimum atomic E-state index is -0.425. The van der Waals surface area contributed by atoms with Gasteiger partial charge in [0.1, 0.15) is 11.5 Å². The fraction of sp³-hybridized carbons (Fsp3) is 0.714. The van der Waals surface area contributed by atoms with Crippen molar-refractivity contribution in [2.45, 2.75) is 52.0 Å². The Morgan fingerprint density at radius 1 is 1.40 bits per heavy atom. The molecule has 4 N–H and O–H groups in total. The Balaban J connectivity index is 2.09. The SMILES string of the molecule is CCCCn1c(N)c(NCCC2CCC2)c(=O)[nH]c1=O. The van der Waals surface area contributed by atoms with Gasteiger partial charge in [-0.25, -0.2) is 4.79 Å². The smallest absolute Gasteiger partial charge is 0.330 e. The third kappa shape index (κ3) is 3.23. The van der Waals surface area contributed by atoms with Crippen LogP contribution in [-0.2, 0) is 6.54 Å². The highest BCUT2D eigenvalue weighted by molar-refractivity contribution is 5.60. The van der Waals surface area contributed by atoms with Crippen LogP contribution < -0.4 is 22.3 Å². The molecule has 0 aromatic carbocycles. The second kappa shape index (κ2) is 6.63. The van der Waals surface area contributed by atoms with E-state index in [1.807, 2.05) is 6.92 Å². The van der Waals surface area contributed by atoms with E-state index in [1.54, 1.807) is 0 Å². The molecule has 1 aliphatic carbocycles. The molecule has 1 aromatic heterocycles. The van der Waals surface area contributed by atoms with Gasteiger partial charge in [-0.2, -0.15) is 0 Å². The van der Waals surface area contributed by atoms with Crippen LogP contribution in [0, 0.1) is 5.92 Å². The van der Waals surface area contributed by atoms with E-state index >= 15 is 0 Å². The molecule has 0 atom stereocenters. The minimum absolute atomic E-state index is 0.251. The number of nitrogens with two attached hydrogens (primary N) is 1. The number of rotatable bonds is 7. The van der Waals surface area contributed by atoms with Gasteiger partial charge >= 0.3 is 5.69 Å². The first-order valence-corrected chi connectivity index (χ1v) is 7.50. The van der Waals surface area contributed by atoms with Crippen molar-refractivity contribution in [1.29, 1.82) is 0 Å². The highest BCUT2D eigenvalue weighted by Gasteiger charge is 2.17. The van der Waals surface area contributed by atoms with Gasteiger partial charge < -0.3 is 11.1 Å². The lowest BCUT2D eigenvalue weighted by molar-refractivity contribution is 0.303. The van der Waals surface area contributed by atoms with Crippen LogP contribution >= 0.6 is 0 Å². The first kappa shape index (κ1) is 14.7. The monoisotopic (exact) mass is 280 g/mol. The van der Waals surface area contributed by atoms with Crippen molar-refractivity contribution < 1.29 is 0 Å². The number of unbranched alkanes of at least 4 members (excludes halogenated alkanes) is 1. The molecule has 0 aliphatic heterocycles. The third-order valence-electron chi connectivity index (χ3n) is 4.05. The Bertz CT molecular complexity index is 557. The Morgan fingerprint density at radius 3 is 2.75 bits per heavy atom. The zero-order chi connectivity index (χ0) is 14.5. The molecule has 6 nitrogen and oxygen atoms in total. The topological polar surface area (TPSA) is 92.9 Å². The van der Waals surface area contributed by atoms with Crippen LogP contribution in [0.1, 0.15) is 45.4 Å². The summed E-state index contributed by atoms with van der Waals surface area (Å²) in [4.78, 5) is 25.9. The first-order chi connectivity index (χ1) is 9.63. The summed E-state index contributed by atoms with van der Waals surface area (Å²) in [6.07, 6.45) is 6.75.